The summed E-state index contributed by atoms with van der Waals surface area (Å²) in [7, 11) is -3.76. The van der Waals surface area contributed by atoms with E-state index in [4.69, 9.17) is 5.14 Å². The van der Waals surface area contributed by atoms with Crippen molar-refractivity contribution in [3.63, 3.8) is 0 Å². The van der Waals surface area contributed by atoms with Gasteiger partial charge in [-0.1, -0.05) is 6.07 Å². The molecule has 1 unspecified atom stereocenters. The third kappa shape index (κ3) is 3.56. The summed E-state index contributed by atoms with van der Waals surface area (Å²) in [5.74, 6) is -1.28. The SMILES string of the molecule is CC(Nc1ccc(S(N)(=O)=O)cc1)c1c(F)cccc1F. The Morgan fingerprint density at radius 1 is 1.05 bits per heavy atom. The topological polar surface area (TPSA) is 72.2 Å². The molecule has 0 aliphatic heterocycles. The number of hydrogen-bond donors (Lipinski definition) is 2. The highest BCUT2D eigenvalue weighted by atomic mass is 32.2. The molecule has 0 aliphatic rings. The molecule has 2 aromatic rings. The van der Waals surface area contributed by atoms with E-state index >= 15 is 0 Å². The lowest BCUT2D eigenvalue weighted by molar-refractivity contribution is 0.544. The lowest BCUT2D eigenvalue weighted by Gasteiger charge is -2.17. The van der Waals surface area contributed by atoms with Crippen LogP contribution in [0.2, 0.25) is 0 Å². The fourth-order valence-electron chi connectivity index (χ4n) is 1.99. The Bertz CT molecular complexity index is 726. The van der Waals surface area contributed by atoms with Crippen LogP contribution in [0.5, 0.6) is 0 Å². The Hall–Kier alpha value is -1.99. The molecule has 0 spiro atoms. The third-order valence-corrected chi connectivity index (χ3v) is 3.93. The van der Waals surface area contributed by atoms with Crippen LogP contribution in [0.15, 0.2) is 47.4 Å². The van der Waals surface area contributed by atoms with E-state index in [0.717, 1.165) is 0 Å². The Morgan fingerprint density at radius 3 is 2.05 bits per heavy atom. The first kappa shape index (κ1) is 15.4. The standard InChI is InChI=1S/C14H14F2N2O2S/c1-9(14-12(15)3-2-4-13(14)16)18-10-5-7-11(8-6-10)21(17,19)20/h2-9,18H,1H3,(H2,17,19,20). The molecule has 0 fully saturated rings. The number of rotatable bonds is 4. The number of nitrogens with two attached hydrogens (primary N) is 1. The van der Waals surface area contributed by atoms with Crippen molar-refractivity contribution in [2.75, 3.05) is 5.32 Å². The molecule has 0 aromatic heterocycles. The first-order valence-corrected chi connectivity index (χ1v) is 7.67. The van der Waals surface area contributed by atoms with E-state index in [2.05, 4.69) is 5.32 Å². The lowest BCUT2D eigenvalue weighted by Crippen LogP contribution is -2.13. The van der Waals surface area contributed by atoms with Crippen molar-refractivity contribution in [3.8, 4) is 0 Å². The van der Waals surface area contributed by atoms with Crippen LogP contribution in [-0.2, 0) is 10.0 Å². The molecule has 0 aliphatic carbocycles. The Labute approximate surface area is 121 Å². The maximum absolute atomic E-state index is 13.6. The average molecular weight is 312 g/mol. The van der Waals surface area contributed by atoms with Gasteiger partial charge < -0.3 is 5.32 Å². The van der Waals surface area contributed by atoms with Crippen molar-refractivity contribution in [2.24, 2.45) is 5.14 Å². The summed E-state index contributed by atoms with van der Waals surface area (Å²) in [6.07, 6.45) is 0. The number of halogens is 2. The fraction of sp³-hybridized carbons (Fsp3) is 0.143. The van der Waals surface area contributed by atoms with Crippen molar-refractivity contribution in [2.45, 2.75) is 17.9 Å². The fourth-order valence-corrected chi connectivity index (χ4v) is 2.50. The maximum atomic E-state index is 13.6. The summed E-state index contributed by atoms with van der Waals surface area (Å²) in [5, 5.41) is 7.89. The average Bonchev–Trinajstić information content (AvgIpc) is 2.38. The first-order valence-electron chi connectivity index (χ1n) is 6.12. The molecule has 7 heteroatoms. The second-order valence-electron chi connectivity index (χ2n) is 4.57. The van der Waals surface area contributed by atoms with Crippen LogP contribution in [0.1, 0.15) is 18.5 Å². The molecule has 2 rings (SSSR count). The molecular weight excluding hydrogens is 298 g/mol. The molecule has 0 saturated heterocycles. The minimum atomic E-state index is -3.76. The molecule has 0 amide bonds. The molecule has 0 heterocycles. The molecule has 0 radical (unpaired) electrons. The number of sulfonamides is 1. The van der Waals surface area contributed by atoms with Crippen molar-refractivity contribution in [3.05, 3.63) is 59.7 Å². The van der Waals surface area contributed by atoms with Crippen LogP contribution in [0.4, 0.5) is 14.5 Å². The zero-order valence-corrected chi connectivity index (χ0v) is 12.0. The monoisotopic (exact) mass is 312 g/mol. The summed E-state index contributed by atoms with van der Waals surface area (Å²) in [5.41, 5.74) is 0.450. The summed E-state index contributed by atoms with van der Waals surface area (Å²) in [6.45, 7) is 1.61. The van der Waals surface area contributed by atoms with Crippen LogP contribution in [0.3, 0.4) is 0 Å². The highest BCUT2D eigenvalue weighted by Gasteiger charge is 2.16. The van der Waals surface area contributed by atoms with E-state index in [-0.39, 0.29) is 10.5 Å². The second kappa shape index (κ2) is 5.79. The van der Waals surface area contributed by atoms with Crippen molar-refractivity contribution >= 4 is 15.7 Å². The molecule has 1 atom stereocenters. The van der Waals surface area contributed by atoms with E-state index < -0.39 is 27.7 Å². The van der Waals surface area contributed by atoms with Gasteiger partial charge in [0.25, 0.3) is 0 Å². The van der Waals surface area contributed by atoms with E-state index in [1.165, 1.54) is 42.5 Å². The largest absolute Gasteiger partial charge is 0.378 e. The normalized spacial score (nSPS) is 13.0. The number of benzene rings is 2. The number of anilines is 1. The van der Waals surface area contributed by atoms with Crippen LogP contribution >= 0.6 is 0 Å². The van der Waals surface area contributed by atoms with Gasteiger partial charge in [-0.05, 0) is 43.3 Å². The van der Waals surface area contributed by atoms with Crippen LogP contribution < -0.4 is 10.5 Å². The molecule has 21 heavy (non-hydrogen) atoms. The minimum absolute atomic E-state index is 0.0298. The molecule has 112 valence electrons. The number of nitrogens with one attached hydrogen (secondary N) is 1. The summed E-state index contributed by atoms with van der Waals surface area (Å²) >= 11 is 0. The van der Waals surface area contributed by atoms with Gasteiger partial charge in [-0.2, -0.15) is 0 Å². The molecule has 0 bridgehead atoms. The van der Waals surface area contributed by atoms with Crippen LogP contribution in [-0.4, -0.2) is 8.42 Å². The highest BCUT2D eigenvalue weighted by molar-refractivity contribution is 7.89. The molecule has 3 N–H and O–H groups in total. The highest BCUT2D eigenvalue weighted by Crippen LogP contribution is 2.24. The van der Waals surface area contributed by atoms with Gasteiger partial charge in [0.05, 0.1) is 10.9 Å². The molecular formula is C14H14F2N2O2S. The smallest absolute Gasteiger partial charge is 0.238 e. The predicted octanol–water partition coefficient (Wildman–Crippen LogP) is 2.79. The third-order valence-electron chi connectivity index (χ3n) is 3.00. The Balaban J connectivity index is 2.22. The van der Waals surface area contributed by atoms with E-state index in [9.17, 15) is 17.2 Å². The predicted molar refractivity (Wildman–Crippen MR) is 76.2 cm³/mol. The molecule has 4 nitrogen and oxygen atoms in total. The lowest BCUT2D eigenvalue weighted by atomic mass is 10.1. The van der Waals surface area contributed by atoms with Gasteiger partial charge in [0.2, 0.25) is 10.0 Å². The Kier molecular flexibility index (Phi) is 4.24. The van der Waals surface area contributed by atoms with Crippen LogP contribution in [0.25, 0.3) is 0 Å². The zero-order valence-electron chi connectivity index (χ0n) is 11.2. The van der Waals surface area contributed by atoms with Crippen molar-refractivity contribution < 1.29 is 17.2 Å². The van der Waals surface area contributed by atoms with E-state index in [1.54, 1.807) is 6.92 Å². The van der Waals surface area contributed by atoms with Gasteiger partial charge >= 0.3 is 0 Å². The van der Waals surface area contributed by atoms with Gasteiger partial charge in [-0.15, -0.1) is 0 Å². The number of hydrogen-bond acceptors (Lipinski definition) is 3. The van der Waals surface area contributed by atoms with Crippen molar-refractivity contribution in [1.29, 1.82) is 0 Å². The van der Waals surface area contributed by atoms with Crippen molar-refractivity contribution in [1.82, 2.24) is 0 Å². The summed E-state index contributed by atoms with van der Waals surface area (Å²) in [4.78, 5) is -0.0298. The van der Waals surface area contributed by atoms with Crippen LogP contribution in [0, 0.1) is 11.6 Å². The summed E-state index contributed by atoms with van der Waals surface area (Å²) in [6, 6.07) is 8.64. The number of primary sulfonamides is 1. The van der Waals surface area contributed by atoms with Gasteiger partial charge in [0.1, 0.15) is 11.6 Å². The van der Waals surface area contributed by atoms with Gasteiger partial charge in [-0.3, -0.25) is 0 Å². The quantitative estimate of drug-likeness (QED) is 0.912. The van der Waals surface area contributed by atoms with Gasteiger partial charge in [0, 0.05) is 11.3 Å². The minimum Gasteiger partial charge on any atom is -0.378 e. The van der Waals surface area contributed by atoms with E-state index in [0.29, 0.717) is 5.69 Å². The van der Waals surface area contributed by atoms with Gasteiger partial charge in [-0.25, -0.2) is 22.3 Å². The Morgan fingerprint density at radius 2 is 1.57 bits per heavy atom. The summed E-state index contributed by atoms with van der Waals surface area (Å²) < 4.78 is 49.6. The molecule has 0 saturated carbocycles. The zero-order chi connectivity index (χ0) is 15.6. The van der Waals surface area contributed by atoms with Gasteiger partial charge in [0.15, 0.2) is 0 Å². The van der Waals surface area contributed by atoms with E-state index in [1.807, 2.05) is 0 Å². The molecule has 2 aromatic carbocycles. The maximum Gasteiger partial charge on any atom is 0.238 e. The second-order valence-corrected chi connectivity index (χ2v) is 6.13. The first-order chi connectivity index (χ1) is 9.79.